The van der Waals surface area contributed by atoms with Gasteiger partial charge >= 0.3 is 23.6 Å². The molecule has 1 fully saturated rings. The van der Waals surface area contributed by atoms with Crippen molar-refractivity contribution in [3.8, 4) is 0 Å². The molecule has 2 N–H and O–H groups in total. The number of hydrogen-bond acceptors (Lipinski definition) is 4. The first kappa shape index (κ1) is 9.81. The molecule has 0 aromatic rings. The second kappa shape index (κ2) is 3.28. The molecular formula is C4H2AlN2O4. The van der Waals surface area contributed by atoms with Gasteiger partial charge in [0.25, 0.3) is 0 Å². The normalized spacial score (nSPS) is 16.7. The number of urea groups is 1. The van der Waals surface area contributed by atoms with Crippen LogP contribution in [0.25, 0.3) is 0 Å². The van der Waals surface area contributed by atoms with Crippen LogP contribution < -0.4 is 10.6 Å². The lowest BCUT2D eigenvalue weighted by atomic mass is 10.3. The lowest BCUT2D eigenvalue weighted by molar-refractivity contribution is -0.146. The van der Waals surface area contributed by atoms with Crippen molar-refractivity contribution >= 4 is 41.0 Å². The molecule has 1 aliphatic rings. The number of amides is 4. The molecule has 11 heavy (non-hydrogen) atoms. The molecule has 1 rings (SSSR count). The Morgan fingerprint density at radius 3 is 1.55 bits per heavy atom. The number of rotatable bonds is 0. The monoisotopic (exact) mass is 169 g/mol. The number of ketones is 1. The first-order chi connectivity index (χ1) is 4.61. The maximum Gasteiger partial charge on any atom is 0.328 e. The fourth-order valence-corrected chi connectivity index (χ4v) is 0.454. The lowest BCUT2D eigenvalue weighted by Gasteiger charge is -2.07. The van der Waals surface area contributed by atoms with Gasteiger partial charge in [0.2, 0.25) is 0 Å². The van der Waals surface area contributed by atoms with Crippen molar-refractivity contribution in [3.05, 3.63) is 0 Å². The second-order valence-electron chi connectivity index (χ2n) is 1.57. The Morgan fingerprint density at radius 1 is 0.818 bits per heavy atom. The van der Waals surface area contributed by atoms with E-state index in [1.54, 1.807) is 10.6 Å². The third-order valence-electron chi connectivity index (χ3n) is 0.867. The van der Waals surface area contributed by atoms with Crippen LogP contribution in [0.2, 0.25) is 0 Å². The van der Waals surface area contributed by atoms with E-state index in [0.717, 1.165) is 0 Å². The molecule has 3 radical (unpaired) electrons. The Bertz CT molecular complexity index is 226. The van der Waals surface area contributed by atoms with E-state index >= 15 is 0 Å². The van der Waals surface area contributed by atoms with Gasteiger partial charge in [-0.2, -0.15) is 0 Å². The summed E-state index contributed by atoms with van der Waals surface area (Å²) in [5.74, 6) is -3.62. The van der Waals surface area contributed by atoms with Crippen LogP contribution in [-0.2, 0) is 14.4 Å². The number of hydrogen-bond donors (Lipinski definition) is 2. The van der Waals surface area contributed by atoms with Crippen LogP contribution in [0, 0.1) is 0 Å². The van der Waals surface area contributed by atoms with E-state index in [2.05, 4.69) is 0 Å². The smallest absolute Gasteiger partial charge is 0.277 e. The summed E-state index contributed by atoms with van der Waals surface area (Å²) < 4.78 is 0. The molecule has 1 aliphatic heterocycles. The molecule has 0 bridgehead atoms. The second-order valence-corrected chi connectivity index (χ2v) is 1.57. The summed E-state index contributed by atoms with van der Waals surface area (Å²) in [6.45, 7) is 0. The Kier molecular flexibility index (Phi) is 2.92. The number of carbonyl (C=O) groups is 4. The van der Waals surface area contributed by atoms with Crippen LogP contribution in [0.3, 0.4) is 0 Å². The molecule has 1 heterocycles. The fourth-order valence-electron chi connectivity index (χ4n) is 0.454. The predicted molar refractivity (Wildman–Crippen MR) is 32.4 cm³/mol. The summed E-state index contributed by atoms with van der Waals surface area (Å²) in [6, 6.07) is -0.963. The molecule has 1 saturated heterocycles. The van der Waals surface area contributed by atoms with Gasteiger partial charge in [-0.15, -0.1) is 0 Å². The third-order valence-corrected chi connectivity index (χ3v) is 0.867. The predicted octanol–water partition coefficient (Wildman–Crippen LogP) is -2.46. The first-order valence-electron chi connectivity index (χ1n) is 2.32. The number of barbiturate groups is 1. The van der Waals surface area contributed by atoms with Gasteiger partial charge in [-0.1, -0.05) is 0 Å². The Hall–Kier alpha value is -1.19. The average Bonchev–Trinajstić information content (AvgIpc) is 1.82. The molecule has 0 saturated carbocycles. The van der Waals surface area contributed by atoms with Crippen LogP contribution in [0.5, 0.6) is 0 Å². The van der Waals surface area contributed by atoms with Gasteiger partial charge < -0.3 is 0 Å². The van der Waals surface area contributed by atoms with Crippen molar-refractivity contribution < 1.29 is 19.2 Å². The summed E-state index contributed by atoms with van der Waals surface area (Å²) in [7, 11) is 0. The minimum atomic E-state index is -1.25. The average molecular weight is 169 g/mol. The van der Waals surface area contributed by atoms with Crippen molar-refractivity contribution in [1.29, 1.82) is 0 Å². The van der Waals surface area contributed by atoms with Gasteiger partial charge in [-0.05, 0) is 0 Å². The van der Waals surface area contributed by atoms with Gasteiger partial charge in [0.15, 0.2) is 0 Å². The summed E-state index contributed by atoms with van der Waals surface area (Å²) in [5.41, 5.74) is 0. The highest BCUT2D eigenvalue weighted by Crippen LogP contribution is 1.81. The van der Waals surface area contributed by atoms with Gasteiger partial charge in [-0.25, -0.2) is 4.79 Å². The van der Waals surface area contributed by atoms with Crippen LogP contribution in [0.15, 0.2) is 0 Å². The Labute approximate surface area is 71.4 Å². The van der Waals surface area contributed by atoms with E-state index in [0.29, 0.717) is 0 Å². The molecule has 55 valence electrons. The Balaban J connectivity index is 0.000001000. The van der Waals surface area contributed by atoms with E-state index in [4.69, 9.17) is 0 Å². The number of imide groups is 2. The van der Waals surface area contributed by atoms with Crippen molar-refractivity contribution in [2.75, 3.05) is 0 Å². The van der Waals surface area contributed by atoms with Crippen molar-refractivity contribution in [3.63, 3.8) is 0 Å². The molecule has 0 atom stereocenters. The summed E-state index contributed by atoms with van der Waals surface area (Å²) >= 11 is 0. The summed E-state index contributed by atoms with van der Waals surface area (Å²) in [5, 5.41) is 3.20. The summed E-state index contributed by atoms with van der Waals surface area (Å²) in [6.07, 6.45) is 0. The molecule has 0 aromatic heterocycles. The number of carbonyl (C=O) groups excluding carboxylic acids is 4. The first-order valence-corrected chi connectivity index (χ1v) is 2.32. The van der Waals surface area contributed by atoms with Crippen molar-refractivity contribution in [2.45, 2.75) is 0 Å². The van der Waals surface area contributed by atoms with Crippen LogP contribution in [-0.4, -0.2) is 41.0 Å². The van der Waals surface area contributed by atoms with E-state index in [1.807, 2.05) is 0 Å². The van der Waals surface area contributed by atoms with E-state index in [9.17, 15) is 19.2 Å². The zero-order chi connectivity index (χ0) is 7.72. The third kappa shape index (κ3) is 1.86. The molecule has 0 unspecified atom stereocenters. The molecule has 0 spiro atoms. The SMILES string of the molecule is O=C1NC(=O)C(=O)C(=O)N1.[Al]. The maximum atomic E-state index is 10.3. The fraction of sp³-hybridized carbons (Fsp3) is 0. The minimum Gasteiger partial charge on any atom is -0.277 e. The molecule has 0 aromatic carbocycles. The largest absolute Gasteiger partial charge is 0.328 e. The van der Waals surface area contributed by atoms with Crippen molar-refractivity contribution in [1.82, 2.24) is 10.6 Å². The van der Waals surface area contributed by atoms with Crippen LogP contribution in [0.4, 0.5) is 4.79 Å². The van der Waals surface area contributed by atoms with E-state index in [1.165, 1.54) is 0 Å². The van der Waals surface area contributed by atoms with Gasteiger partial charge in [0.1, 0.15) is 0 Å². The maximum absolute atomic E-state index is 10.3. The molecule has 7 heteroatoms. The minimum absolute atomic E-state index is 0. The number of Topliss-reactive ketones (excluding diaryl/α,β-unsaturated/α-hetero) is 1. The van der Waals surface area contributed by atoms with Crippen LogP contribution >= 0.6 is 0 Å². The standard InChI is InChI=1S/C4H2N2O4.Al/c7-1-2(8)5-4(10)6-3(1)9;/h(H2,5,6,8,9,10);. The number of nitrogens with one attached hydrogen (secondary N) is 2. The molecule has 4 amide bonds. The molecular weight excluding hydrogens is 167 g/mol. The zero-order valence-electron chi connectivity index (χ0n) is 5.21. The van der Waals surface area contributed by atoms with Gasteiger partial charge in [0, 0.05) is 17.4 Å². The van der Waals surface area contributed by atoms with E-state index in [-0.39, 0.29) is 17.4 Å². The highest BCUT2D eigenvalue weighted by Gasteiger charge is 2.31. The van der Waals surface area contributed by atoms with E-state index < -0.39 is 23.6 Å². The highest BCUT2D eigenvalue weighted by atomic mass is 27.0. The lowest BCUT2D eigenvalue weighted by Crippen LogP contribution is -2.56. The topological polar surface area (TPSA) is 92.3 Å². The van der Waals surface area contributed by atoms with Crippen LogP contribution in [0.1, 0.15) is 0 Å². The molecule has 0 aliphatic carbocycles. The quantitative estimate of drug-likeness (QED) is 0.310. The molecule has 6 nitrogen and oxygen atoms in total. The zero-order valence-corrected chi connectivity index (χ0v) is 6.37. The summed E-state index contributed by atoms with van der Waals surface area (Å²) in [4.78, 5) is 41.1. The van der Waals surface area contributed by atoms with Gasteiger partial charge in [-0.3, -0.25) is 25.0 Å². The van der Waals surface area contributed by atoms with Gasteiger partial charge in [0.05, 0.1) is 0 Å². The van der Waals surface area contributed by atoms with Crippen molar-refractivity contribution in [2.24, 2.45) is 0 Å². The highest BCUT2D eigenvalue weighted by molar-refractivity contribution is 6.66. The Morgan fingerprint density at radius 2 is 1.18 bits per heavy atom.